The molecule has 1 aliphatic carbocycles. The summed E-state index contributed by atoms with van der Waals surface area (Å²) in [6, 6.07) is 5.30. The first-order valence-corrected chi connectivity index (χ1v) is 6.89. The van der Waals surface area contributed by atoms with Crippen molar-refractivity contribution in [1.82, 2.24) is 4.90 Å². The molecule has 2 unspecified atom stereocenters. The molecule has 0 radical (unpaired) electrons. The number of amides is 2. The Bertz CT molecular complexity index is 548. The molecule has 2 atom stereocenters. The van der Waals surface area contributed by atoms with Crippen molar-refractivity contribution in [3.05, 3.63) is 23.8 Å². The first kappa shape index (κ1) is 13.0. The van der Waals surface area contributed by atoms with Gasteiger partial charge >= 0.3 is 0 Å². The van der Waals surface area contributed by atoms with Gasteiger partial charge in [0.25, 0.3) is 0 Å². The molecule has 1 aromatic carbocycles. The Morgan fingerprint density at radius 1 is 1.20 bits per heavy atom. The maximum Gasteiger partial charge on any atom is 0.233 e. The predicted molar refractivity (Wildman–Crippen MR) is 73.8 cm³/mol. The lowest BCUT2D eigenvalue weighted by Gasteiger charge is -2.16. The van der Waals surface area contributed by atoms with Crippen LogP contribution in [0.5, 0.6) is 5.75 Å². The van der Waals surface area contributed by atoms with Crippen molar-refractivity contribution in [3.8, 4) is 5.75 Å². The fraction of sp³-hybridized carbons (Fsp3) is 0.467. The van der Waals surface area contributed by atoms with Crippen LogP contribution >= 0.6 is 0 Å². The Labute approximate surface area is 117 Å². The molecule has 3 rings (SSSR count). The van der Waals surface area contributed by atoms with Crippen LogP contribution in [-0.4, -0.2) is 23.8 Å². The van der Waals surface area contributed by atoms with Crippen LogP contribution in [0, 0.1) is 11.8 Å². The Balaban J connectivity index is 1.83. The van der Waals surface area contributed by atoms with Gasteiger partial charge in [-0.25, -0.2) is 0 Å². The Hall–Kier alpha value is -2.04. The zero-order valence-electron chi connectivity index (χ0n) is 11.5. The van der Waals surface area contributed by atoms with E-state index in [1.807, 2.05) is 6.07 Å². The van der Waals surface area contributed by atoms with Gasteiger partial charge in [-0.1, -0.05) is 6.42 Å². The van der Waals surface area contributed by atoms with Crippen molar-refractivity contribution in [1.29, 1.82) is 0 Å². The predicted octanol–water partition coefficient (Wildman–Crippen LogP) is 1.56. The van der Waals surface area contributed by atoms with Crippen molar-refractivity contribution >= 4 is 17.5 Å². The summed E-state index contributed by atoms with van der Waals surface area (Å²) < 4.78 is 5.16. The number of nitrogens with zero attached hydrogens (tertiary/aromatic N) is 1. The molecular formula is C15H18N2O3. The lowest BCUT2D eigenvalue weighted by atomic mass is 10.00. The zero-order chi connectivity index (χ0) is 14.3. The lowest BCUT2D eigenvalue weighted by Crippen LogP contribution is -2.31. The van der Waals surface area contributed by atoms with Gasteiger partial charge in [0.05, 0.1) is 25.5 Å². The van der Waals surface area contributed by atoms with Crippen LogP contribution in [0.25, 0.3) is 0 Å². The SMILES string of the molecule is COc1cc(N)cc(CN2C(=O)C3CCCC3C2=O)c1. The van der Waals surface area contributed by atoms with E-state index < -0.39 is 0 Å². The molecule has 20 heavy (non-hydrogen) atoms. The van der Waals surface area contributed by atoms with E-state index in [1.54, 1.807) is 19.2 Å². The monoisotopic (exact) mass is 274 g/mol. The maximum atomic E-state index is 12.3. The second kappa shape index (κ2) is 4.81. The highest BCUT2D eigenvalue weighted by molar-refractivity contribution is 6.05. The number of carbonyl (C=O) groups excluding carboxylic acids is 2. The molecule has 1 saturated heterocycles. The van der Waals surface area contributed by atoms with Gasteiger partial charge in [-0.15, -0.1) is 0 Å². The highest BCUT2D eigenvalue weighted by Gasteiger charge is 2.49. The van der Waals surface area contributed by atoms with E-state index in [2.05, 4.69) is 0 Å². The number of methoxy groups -OCH3 is 1. The third kappa shape index (κ3) is 2.03. The van der Waals surface area contributed by atoms with Gasteiger partial charge in [-0.3, -0.25) is 14.5 Å². The van der Waals surface area contributed by atoms with Gasteiger partial charge in [0.1, 0.15) is 5.75 Å². The summed E-state index contributed by atoms with van der Waals surface area (Å²) in [5, 5.41) is 0. The van der Waals surface area contributed by atoms with Crippen LogP contribution in [0.2, 0.25) is 0 Å². The van der Waals surface area contributed by atoms with Crippen LogP contribution < -0.4 is 10.5 Å². The highest BCUT2D eigenvalue weighted by Crippen LogP contribution is 2.40. The van der Waals surface area contributed by atoms with Crippen molar-refractivity contribution in [2.24, 2.45) is 11.8 Å². The highest BCUT2D eigenvalue weighted by atomic mass is 16.5. The topological polar surface area (TPSA) is 72.6 Å². The van der Waals surface area contributed by atoms with Crippen molar-refractivity contribution in [3.63, 3.8) is 0 Å². The number of hydrogen-bond acceptors (Lipinski definition) is 4. The summed E-state index contributed by atoms with van der Waals surface area (Å²) in [4.78, 5) is 25.9. The molecule has 106 valence electrons. The quantitative estimate of drug-likeness (QED) is 0.670. The normalized spacial score (nSPS) is 25.1. The van der Waals surface area contributed by atoms with E-state index in [0.717, 1.165) is 24.8 Å². The molecule has 1 aromatic rings. The van der Waals surface area contributed by atoms with E-state index in [1.165, 1.54) is 4.90 Å². The fourth-order valence-electron chi connectivity index (χ4n) is 3.29. The molecule has 2 fully saturated rings. The molecule has 0 aromatic heterocycles. The van der Waals surface area contributed by atoms with Crippen LogP contribution in [-0.2, 0) is 16.1 Å². The van der Waals surface area contributed by atoms with Crippen molar-refractivity contribution < 1.29 is 14.3 Å². The van der Waals surface area contributed by atoms with Crippen molar-refractivity contribution in [2.45, 2.75) is 25.8 Å². The average molecular weight is 274 g/mol. The number of nitrogen functional groups attached to an aromatic ring is 1. The number of benzene rings is 1. The Morgan fingerprint density at radius 3 is 2.45 bits per heavy atom. The summed E-state index contributed by atoms with van der Waals surface area (Å²) >= 11 is 0. The number of nitrogens with two attached hydrogens (primary N) is 1. The minimum Gasteiger partial charge on any atom is -0.497 e. The largest absolute Gasteiger partial charge is 0.497 e. The summed E-state index contributed by atoms with van der Waals surface area (Å²) in [6.45, 7) is 0.284. The Kier molecular flexibility index (Phi) is 3.12. The lowest BCUT2D eigenvalue weighted by molar-refractivity contribution is -0.141. The molecule has 1 saturated carbocycles. The van der Waals surface area contributed by atoms with E-state index >= 15 is 0 Å². The van der Waals surface area contributed by atoms with Crippen molar-refractivity contribution in [2.75, 3.05) is 12.8 Å². The van der Waals surface area contributed by atoms with E-state index in [0.29, 0.717) is 11.4 Å². The molecule has 5 nitrogen and oxygen atoms in total. The third-order valence-corrected chi connectivity index (χ3v) is 4.25. The molecule has 0 bridgehead atoms. The first-order chi connectivity index (χ1) is 9.60. The minimum absolute atomic E-state index is 0.0288. The molecule has 2 amide bonds. The standard InChI is InChI=1S/C15H18N2O3/c1-20-11-6-9(5-10(16)7-11)8-17-14(18)12-3-2-4-13(12)15(17)19/h5-7,12-13H,2-4,8,16H2,1H3. The number of carbonyl (C=O) groups is 2. The molecule has 5 heteroatoms. The van der Waals surface area contributed by atoms with Gasteiger partial charge in [-0.05, 0) is 30.5 Å². The molecule has 2 aliphatic rings. The average Bonchev–Trinajstić information content (AvgIpc) is 2.98. The fourth-order valence-corrected chi connectivity index (χ4v) is 3.29. The number of anilines is 1. The molecule has 0 spiro atoms. The smallest absolute Gasteiger partial charge is 0.233 e. The first-order valence-electron chi connectivity index (χ1n) is 6.89. The number of likely N-dealkylation sites (tertiary alicyclic amines) is 1. The second-order valence-electron chi connectivity index (χ2n) is 5.52. The minimum atomic E-state index is -0.0922. The number of rotatable bonds is 3. The van der Waals surface area contributed by atoms with E-state index in [-0.39, 0.29) is 30.2 Å². The molecule has 1 aliphatic heterocycles. The van der Waals surface area contributed by atoms with Crippen LogP contribution in [0.15, 0.2) is 18.2 Å². The maximum absolute atomic E-state index is 12.3. The molecular weight excluding hydrogens is 256 g/mol. The van der Waals surface area contributed by atoms with E-state index in [4.69, 9.17) is 10.5 Å². The van der Waals surface area contributed by atoms with Crippen LogP contribution in [0.3, 0.4) is 0 Å². The van der Waals surface area contributed by atoms with Gasteiger partial charge in [-0.2, -0.15) is 0 Å². The third-order valence-electron chi connectivity index (χ3n) is 4.25. The number of fused-ring (bicyclic) bond motifs is 1. The van der Waals surface area contributed by atoms with Gasteiger partial charge in [0, 0.05) is 11.8 Å². The summed E-state index contributed by atoms with van der Waals surface area (Å²) in [6.07, 6.45) is 2.66. The molecule has 2 N–H and O–H groups in total. The number of ether oxygens (including phenoxy) is 1. The summed E-state index contributed by atoms with van der Waals surface area (Å²) in [5.41, 5.74) is 7.19. The summed E-state index contributed by atoms with van der Waals surface area (Å²) in [7, 11) is 1.56. The van der Waals surface area contributed by atoms with Crippen LogP contribution in [0.4, 0.5) is 5.69 Å². The summed E-state index contributed by atoms with van der Waals surface area (Å²) in [5.74, 6) is 0.396. The Morgan fingerprint density at radius 2 is 1.85 bits per heavy atom. The van der Waals surface area contributed by atoms with Crippen LogP contribution in [0.1, 0.15) is 24.8 Å². The second-order valence-corrected chi connectivity index (χ2v) is 5.52. The van der Waals surface area contributed by atoms with Gasteiger partial charge in [0.15, 0.2) is 0 Å². The zero-order valence-corrected chi connectivity index (χ0v) is 11.5. The van der Waals surface area contributed by atoms with Gasteiger partial charge in [0.2, 0.25) is 11.8 Å². The number of imide groups is 1. The molecule has 1 heterocycles. The number of hydrogen-bond donors (Lipinski definition) is 1. The van der Waals surface area contributed by atoms with Gasteiger partial charge < -0.3 is 10.5 Å². The van der Waals surface area contributed by atoms with E-state index in [9.17, 15) is 9.59 Å².